The van der Waals surface area contributed by atoms with Crippen LogP contribution in [0.1, 0.15) is 31.7 Å². The van der Waals surface area contributed by atoms with E-state index in [9.17, 15) is 8.42 Å². The molecule has 3 rings (SSSR count). The van der Waals surface area contributed by atoms with Crippen LogP contribution >= 0.6 is 0 Å². The molecule has 0 saturated heterocycles. The predicted molar refractivity (Wildman–Crippen MR) is 94.6 cm³/mol. The molecule has 0 spiro atoms. The molecule has 0 radical (unpaired) electrons. The number of methoxy groups -OCH3 is 1. The smallest absolute Gasteiger partial charge is 0.214 e. The second-order valence-corrected chi connectivity index (χ2v) is 8.64. The Kier molecular flexibility index (Phi) is 4.60. The first kappa shape index (κ1) is 16.9. The van der Waals surface area contributed by atoms with Crippen LogP contribution in [0.3, 0.4) is 0 Å². The molecule has 6 heteroatoms. The molecule has 0 unspecified atom stereocenters. The van der Waals surface area contributed by atoms with E-state index in [1.165, 1.54) is 0 Å². The summed E-state index contributed by atoms with van der Waals surface area (Å²) in [7, 11) is -1.61. The molecule has 1 heterocycles. The van der Waals surface area contributed by atoms with Gasteiger partial charge in [-0.3, -0.25) is 0 Å². The number of nitrogens with zero attached hydrogens (tertiary/aromatic N) is 1. The number of nitrogens with one attached hydrogen (secondary N) is 1. The van der Waals surface area contributed by atoms with Gasteiger partial charge in [-0.25, -0.2) is 18.1 Å². The molecule has 1 aromatic carbocycles. The first-order chi connectivity index (χ1) is 11.4. The molecule has 0 bridgehead atoms. The third-order valence-electron chi connectivity index (χ3n) is 4.34. The number of benzene rings is 1. The highest BCUT2D eigenvalue weighted by molar-refractivity contribution is 7.90. The fourth-order valence-electron chi connectivity index (χ4n) is 2.64. The van der Waals surface area contributed by atoms with Crippen LogP contribution in [0, 0.1) is 0 Å². The van der Waals surface area contributed by atoms with Gasteiger partial charge in [0, 0.05) is 29.8 Å². The number of hydrogen-bond acceptors (Lipinski definition) is 4. The van der Waals surface area contributed by atoms with Gasteiger partial charge >= 0.3 is 0 Å². The zero-order valence-electron chi connectivity index (χ0n) is 14.1. The summed E-state index contributed by atoms with van der Waals surface area (Å²) in [6, 6.07) is 12.0. The molecule has 0 aliphatic heterocycles. The Bertz CT molecular complexity index is 799. The van der Waals surface area contributed by atoms with Gasteiger partial charge < -0.3 is 4.74 Å². The zero-order chi connectivity index (χ0) is 17.3. The average molecular weight is 346 g/mol. The Morgan fingerprint density at radius 1 is 1.12 bits per heavy atom. The van der Waals surface area contributed by atoms with Crippen molar-refractivity contribution in [2.75, 3.05) is 7.11 Å². The van der Waals surface area contributed by atoms with Gasteiger partial charge in [0.05, 0.1) is 12.4 Å². The van der Waals surface area contributed by atoms with E-state index < -0.39 is 15.3 Å². The van der Waals surface area contributed by atoms with Crippen LogP contribution in [0.2, 0.25) is 0 Å². The Labute approximate surface area is 143 Å². The molecule has 1 N–H and O–H groups in total. The van der Waals surface area contributed by atoms with Crippen molar-refractivity contribution in [1.82, 2.24) is 9.71 Å². The summed E-state index contributed by atoms with van der Waals surface area (Å²) in [4.78, 5) is 4.21. The van der Waals surface area contributed by atoms with Gasteiger partial charge in [0.2, 0.25) is 15.9 Å². The average Bonchev–Trinajstić information content (AvgIpc) is 3.33. The number of hydrogen-bond donors (Lipinski definition) is 1. The maximum atomic E-state index is 11.9. The Morgan fingerprint density at radius 3 is 2.33 bits per heavy atom. The van der Waals surface area contributed by atoms with E-state index >= 15 is 0 Å². The standard InChI is InChI=1S/C18H22N2O3S/c1-12(2)24(21,22)20-17-10-16(17)14-6-4-13(5-7-14)15-8-9-18(23-3)19-11-15/h4-9,11-12,16-17,20H,10H2,1-3H3/t16-,17+/m1/s1. The van der Waals surface area contributed by atoms with Gasteiger partial charge in [-0.2, -0.15) is 0 Å². The van der Waals surface area contributed by atoms with E-state index in [0.717, 1.165) is 23.1 Å². The summed E-state index contributed by atoms with van der Waals surface area (Å²) >= 11 is 0. The van der Waals surface area contributed by atoms with Crippen LogP contribution in [0.25, 0.3) is 11.1 Å². The van der Waals surface area contributed by atoms with E-state index in [1.54, 1.807) is 27.2 Å². The minimum Gasteiger partial charge on any atom is -0.481 e. The van der Waals surface area contributed by atoms with Crippen molar-refractivity contribution in [3.8, 4) is 17.0 Å². The highest BCUT2D eigenvalue weighted by atomic mass is 32.2. The van der Waals surface area contributed by atoms with Gasteiger partial charge in [-0.15, -0.1) is 0 Å². The van der Waals surface area contributed by atoms with Crippen LogP contribution < -0.4 is 9.46 Å². The second-order valence-electron chi connectivity index (χ2n) is 6.37. The molecule has 1 aromatic heterocycles. The molecule has 1 aliphatic rings. The van der Waals surface area contributed by atoms with E-state index in [-0.39, 0.29) is 12.0 Å². The van der Waals surface area contributed by atoms with E-state index in [2.05, 4.69) is 21.8 Å². The second kappa shape index (κ2) is 6.53. The van der Waals surface area contributed by atoms with Crippen LogP contribution in [0.5, 0.6) is 5.88 Å². The lowest BCUT2D eigenvalue weighted by Gasteiger charge is -2.09. The molecule has 24 heavy (non-hydrogen) atoms. The van der Waals surface area contributed by atoms with Crippen LogP contribution in [0.15, 0.2) is 42.6 Å². The fraction of sp³-hybridized carbons (Fsp3) is 0.389. The Morgan fingerprint density at radius 2 is 1.79 bits per heavy atom. The lowest BCUT2D eigenvalue weighted by molar-refractivity contribution is 0.398. The van der Waals surface area contributed by atoms with E-state index in [4.69, 9.17) is 4.74 Å². The highest BCUT2D eigenvalue weighted by Gasteiger charge is 2.41. The molecule has 2 atom stereocenters. The quantitative estimate of drug-likeness (QED) is 0.873. The molecule has 128 valence electrons. The van der Waals surface area contributed by atoms with Crippen molar-refractivity contribution >= 4 is 10.0 Å². The fourth-order valence-corrected chi connectivity index (χ4v) is 3.59. The number of sulfonamides is 1. The topological polar surface area (TPSA) is 68.3 Å². The zero-order valence-corrected chi connectivity index (χ0v) is 14.9. The lowest BCUT2D eigenvalue weighted by atomic mass is 10.0. The van der Waals surface area contributed by atoms with Crippen molar-refractivity contribution in [3.05, 3.63) is 48.2 Å². The first-order valence-electron chi connectivity index (χ1n) is 8.02. The molecule has 1 aliphatic carbocycles. The molecule has 1 saturated carbocycles. The summed E-state index contributed by atoms with van der Waals surface area (Å²) in [6.45, 7) is 3.38. The number of pyridine rings is 1. The minimum absolute atomic E-state index is 0.0194. The number of aromatic nitrogens is 1. The summed E-state index contributed by atoms with van der Waals surface area (Å²) in [6.07, 6.45) is 2.64. The van der Waals surface area contributed by atoms with Gasteiger partial charge in [0.25, 0.3) is 0 Å². The normalized spacial score (nSPS) is 20.2. The van der Waals surface area contributed by atoms with Gasteiger partial charge in [0.15, 0.2) is 0 Å². The highest BCUT2D eigenvalue weighted by Crippen LogP contribution is 2.41. The number of ether oxygens (including phenoxy) is 1. The van der Waals surface area contributed by atoms with Crippen molar-refractivity contribution < 1.29 is 13.2 Å². The Hall–Kier alpha value is -1.92. The molecular weight excluding hydrogens is 324 g/mol. The summed E-state index contributed by atoms with van der Waals surface area (Å²) in [5.41, 5.74) is 3.26. The summed E-state index contributed by atoms with van der Waals surface area (Å²) < 4.78 is 31.7. The lowest BCUT2D eigenvalue weighted by Crippen LogP contribution is -2.33. The first-order valence-corrected chi connectivity index (χ1v) is 9.57. The van der Waals surface area contributed by atoms with Crippen LogP contribution in [0.4, 0.5) is 0 Å². The van der Waals surface area contributed by atoms with E-state index in [1.807, 2.05) is 24.3 Å². The van der Waals surface area contributed by atoms with Gasteiger partial charge in [-0.05, 0) is 37.5 Å². The summed E-state index contributed by atoms with van der Waals surface area (Å²) in [5, 5.41) is -0.399. The molecular formula is C18H22N2O3S. The van der Waals surface area contributed by atoms with Crippen LogP contribution in [-0.4, -0.2) is 31.8 Å². The monoisotopic (exact) mass is 346 g/mol. The third kappa shape index (κ3) is 3.60. The van der Waals surface area contributed by atoms with Crippen LogP contribution in [-0.2, 0) is 10.0 Å². The molecule has 1 fully saturated rings. The van der Waals surface area contributed by atoms with Crippen molar-refractivity contribution in [1.29, 1.82) is 0 Å². The van der Waals surface area contributed by atoms with E-state index in [0.29, 0.717) is 5.88 Å². The molecule has 0 amide bonds. The largest absolute Gasteiger partial charge is 0.481 e. The maximum absolute atomic E-state index is 11.9. The molecule has 2 aromatic rings. The van der Waals surface area contributed by atoms with Crippen molar-refractivity contribution in [2.24, 2.45) is 0 Å². The minimum atomic E-state index is -3.20. The SMILES string of the molecule is COc1ccc(-c2ccc([C@H]3C[C@@H]3NS(=O)(=O)C(C)C)cc2)cn1. The summed E-state index contributed by atoms with van der Waals surface area (Å²) in [5.74, 6) is 0.857. The Balaban J connectivity index is 1.67. The van der Waals surface area contributed by atoms with Gasteiger partial charge in [-0.1, -0.05) is 24.3 Å². The van der Waals surface area contributed by atoms with Gasteiger partial charge in [0.1, 0.15) is 0 Å². The molecule has 5 nitrogen and oxygen atoms in total. The third-order valence-corrected chi connectivity index (χ3v) is 6.22. The predicted octanol–water partition coefficient (Wildman–Crippen LogP) is 2.94. The maximum Gasteiger partial charge on any atom is 0.214 e. The van der Waals surface area contributed by atoms with Crippen molar-refractivity contribution in [2.45, 2.75) is 37.5 Å². The van der Waals surface area contributed by atoms with Crippen molar-refractivity contribution in [3.63, 3.8) is 0 Å². The number of rotatable bonds is 6.